The largest absolute Gasteiger partial charge is 0.309 e. The van der Waals surface area contributed by atoms with Crippen molar-refractivity contribution in [2.45, 2.75) is 6.04 Å². The molecule has 1 N–H and O–H groups in total. The minimum Gasteiger partial charge on any atom is -0.309 e. The van der Waals surface area contributed by atoms with Gasteiger partial charge in [0.05, 0.1) is 6.04 Å². The SMILES string of the molecule is CNC(c1ccc(Cl)cc1F)c1ccc(F)cc1I. The summed E-state index contributed by atoms with van der Waals surface area (Å²) in [5.74, 6) is -0.688. The highest BCUT2D eigenvalue weighted by Crippen LogP contribution is 2.29. The van der Waals surface area contributed by atoms with Gasteiger partial charge in [0, 0.05) is 14.2 Å². The molecule has 0 amide bonds. The molecule has 2 aromatic rings. The summed E-state index contributed by atoms with van der Waals surface area (Å²) in [5, 5.41) is 3.40. The van der Waals surface area contributed by atoms with Crippen molar-refractivity contribution in [2.24, 2.45) is 0 Å². The molecule has 0 aromatic heterocycles. The zero-order valence-electron chi connectivity index (χ0n) is 10.1. The van der Waals surface area contributed by atoms with Crippen molar-refractivity contribution in [3.63, 3.8) is 0 Å². The first kappa shape index (κ1) is 14.7. The van der Waals surface area contributed by atoms with Crippen molar-refractivity contribution in [2.75, 3.05) is 7.05 Å². The Morgan fingerprint density at radius 3 is 2.37 bits per heavy atom. The van der Waals surface area contributed by atoms with E-state index >= 15 is 0 Å². The summed E-state index contributed by atoms with van der Waals surface area (Å²) in [6.07, 6.45) is 0. The van der Waals surface area contributed by atoms with Crippen molar-refractivity contribution in [3.8, 4) is 0 Å². The van der Waals surface area contributed by atoms with Crippen LogP contribution in [0.5, 0.6) is 0 Å². The standard InChI is InChI=1S/C14H11ClF2IN/c1-19-14(10-4-2-8(15)6-12(10)17)11-5-3-9(16)7-13(11)18/h2-7,14,19H,1H3. The third kappa shape index (κ3) is 3.24. The van der Waals surface area contributed by atoms with Crippen LogP contribution >= 0.6 is 34.2 Å². The molecule has 0 radical (unpaired) electrons. The zero-order chi connectivity index (χ0) is 14.0. The Bertz CT molecular complexity index is 552. The van der Waals surface area contributed by atoms with E-state index in [-0.39, 0.29) is 17.7 Å². The summed E-state index contributed by atoms with van der Waals surface area (Å²) >= 11 is 7.79. The van der Waals surface area contributed by atoms with E-state index in [0.29, 0.717) is 10.6 Å². The van der Waals surface area contributed by atoms with Crippen LogP contribution < -0.4 is 5.32 Å². The molecule has 1 atom stereocenters. The minimum absolute atomic E-state index is 0.306. The molecular weight excluding hydrogens is 383 g/mol. The molecule has 0 saturated carbocycles. The number of hydrogen-bond donors (Lipinski definition) is 1. The van der Waals surface area contributed by atoms with Gasteiger partial charge in [-0.15, -0.1) is 0 Å². The maximum absolute atomic E-state index is 14.0. The molecule has 1 nitrogen and oxygen atoms in total. The summed E-state index contributed by atoms with van der Waals surface area (Å²) in [4.78, 5) is 0. The van der Waals surface area contributed by atoms with Crippen molar-refractivity contribution in [1.29, 1.82) is 0 Å². The number of nitrogens with one attached hydrogen (secondary N) is 1. The van der Waals surface area contributed by atoms with Crippen molar-refractivity contribution in [3.05, 3.63) is 67.8 Å². The summed E-state index contributed by atoms with van der Waals surface area (Å²) < 4.78 is 27.9. The molecule has 0 saturated heterocycles. The van der Waals surface area contributed by atoms with Gasteiger partial charge in [0.25, 0.3) is 0 Å². The Morgan fingerprint density at radius 2 is 1.79 bits per heavy atom. The zero-order valence-corrected chi connectivity index (χ0v) is 13.0. The summed E-state index contributed by atoms with van der Waals surface area (Å²) in [6.45, 7) is 0. The minimum atomic E-state index is -0.382. The van der Waals surface area contributed by atoms with Crippen LogP contribution in [0.25, 0.3) is 0 Å². The topological polar surface area (TPSA) is 12.0 Å². The number of rotatable bonds is 3. The number of hydrogen-bond acceptors (Lipinski definition) is 1. The van der Waals surface area contributed by atoms with E-state index in [1.54, 1.807) is 25.2 Å². The van der Waals surface area contributed by atoms with Crippen LogP contribution in [0.1, 0.15) is 17.2 Å². The van der Waals surface area contributed by atoms with Crippen LogP contribution in [0.3, 0.4) is 0 Å². The van der Waals surface area contributed by atoms with E-state index < -0.39 is 0 Å². The van der Waals surface area contributed by atoms with E-state index in [1.165, 1.54) is 18.2 Å². The monoisotopic (exact) mass is 393 g/mol. The van der Waals surface area contributed by atoms with Crippen LogP contribution in [-0.2, 0) is 0 Å². The Kier molecular flexibility index (Phi) is 4.76. The van der Waals surface area contributed by atoms with Gasteiger partial charge in [-0.1, -0.05) is 23.7 Å². The summed E-state index contributed by atoms with van der Waals surface area (Å²) in [5.41, 5.74) is 1.31. The van der Waals surface area contributed by atoms with E-state index in [9.17, 15) is 8.78 Å². The fraction of sp³-hybridized carbons (Fsp3) is 0.143. The van der Waals surface area contributed by atoms with E-state index in [4.69, 9.17) is 11.6 Å². The van der Waals surface area contributed by atoms with Crippen LogP contribution in [0.15, 0.2) is 36.4 Å². The van der Waals surface area contributed by atoms with Crippen molar-refractivity contribution >= 4 is 34.2 Å². The lowest BCUT2D eigenvalue weighted by atomic mass is 9.98. The average molecular weight is 394 g/mol. The van der Waals surface area contributed by atoms with E-state index in [0.717, 1.165) is 9.13 Å². The molecule has 0 fully saturated rings. The molecule has 0 spiro atoms. The smallest absolute Gasteiger partial charge is 0.129 e. The first-order chi connectivity index (χ1) is 9.02. The molecule has 0 bridgehead atoms. The molecule has 5 heteroatoms. The predicted molar refractivity (Wildman–Crippen MR) is 81.4 cm³/mol. The molecule has 100 valence electrons. The second kappa shape index (κ2) is 6.15. The average Bonchev–Trinajstić information content (AvgIpc) is 2.34. The Morgan fingerprint density at radius 1 is 1.11 bits per heavy atom. The molecule has 19 heavy (non-hydrogen) atoms. The Hall–Kier alpha value is -0.720. The van der Waals surface area contributed by atoms with Crippen LogP contribution in [0, 0.1) is 15.2 Å². The number of benzene rings is 2. The Balaban J connectivity index is 2.50. The third-order valence-corrected chi connectivity index (χ3v) is 4.00. The second-order valence-electron chi connectivity index (χ2n) is 4.05. The van der Waals surface area contributed by atoms with Gasteiger partial charge in [0.1, 0.15) is 11.6 Å². The van der Waals surface area contributed by atoms with Crippen LogP contribution in [0.4, 0.5) is 8.78 Å². The van der Waals surface area contributed by atoms with Crippen LogP contribution in [-0.4, -0.2) is 7.05 Å². The maximum atomic E-state index is 14.0. The maximum Gasteiger partial charge on any atom is 0.129 e. The van der Waals surface area contributed by atoms with Gasteiger partial charge in [0.15, 0.2) is 0 Å². The molecule has 1 unspecified atom stereocenters. The number of halogens is 4. The summed E-state index contributed by atoms with van der Waals surface area (Å²) in [6, 6.07) is 8.66. The van der Waals surface area contributed by atoms with Gasteiger partial charge in [-0.25, -0.2) is 8.78 Å². The highest BCUT2D eigenvalue weighted by atomic mass is 127. The van der Waals surface area contributed by atoms with Crippen LogP contribution in [0.2, 0.25) is 5.02 Å². The van der Waals surface area contributed by atoms with Gasteiger partial charge in [-0.2, -0.15) is 0 Å². The van der Waals surface area contributed by atoms with Crippen molar-refractivity contribution < 1.29 is 8.78 Å². The molecule has 0 heterocycles. The lowest BCUT2D eigenvalue weighted by Crippen LogP contribution is -2.20. The first-order valence-corrected chi connectivity index (χ1v) is 7.05. The highest BCUT2D eigenvalue weighted by Gasteiger charge is 2.19. The third-order valence-electron chi connectivity index (χ3n) is 2.84. The molecule has 2 rings (SSSR count). The fourth-order valence-corrected chi connectivity index (χ4v) is 2.90. The first-order valence-electron chi connectivity index (χ1n) is 5.60. The second-order valence-corrected chi connectivity index (χ2v) is 5.65. The fourth-order valence-electron chi connectivity index (χ4n) is 1.95. The van der Waals surface area contributed by atoms with Gasteiger partial charge < -0.3 is 5.32 Å². The lowest BCUT2D eigenvalue weighted by Gasteiger charge is -2.19. The summed E-state index contributed by atoms with van der Waals surface area (Å²) in [7, 11) is 1.73. The van der Waals surface area contributed by atoms with Gasteiger partial charge in [-0.3, -0.25) is 0 Å². The molecule has 0 aliphatic heterocycles. The van der Waals surface area contributed by atoms with Gasteiger partial charge >= 0.3 is 0 Å². The van der Waals surface area contributed by atoms with E-state index in [2.05, 4.69) is 5.32 Å². The molecule has 2 aromatic carbocycles. The van der Waals surface area contributed by atoms with Gasteiger partial charge in [-0.05, 0) is 59.5 Å². The molecule has 0 aliphatic carbocycles. The normalized spacial score (nSPS) is 12.5. The van der Waals surface area contributed by atoms with Crippen molar-refractivity contribution in [1.82, 2.24) is 5.32 Å². The Labute approximate surface area is 129 Å². The quantitative estimate of drug-likeness (QED) is 0.756. The van der Waals surface area contributed by atoms with Gasteiger partial charge in [0.2, 0.25) is 0 Å². The molecular formula is C14H11ClF2IN. The predicted octanol–water partition coefficient (Wildman–Crippen LogP) is 4.53. The van der Waals surface area contributed by atoms with E-state index in [1.807, 2.05) is 22.6 Å². The lowest BCUT2D eigenvalue weighted by molar-refractivity contribution is 0.573. The molecule has 0 aliphatic rings. The highest BCUT2D eigenvalue weighted by molar-refractivity contribution is 14.1.